The molecule has 0 aliphatic carbocycles. The number of anilines is 1. The highest BCUT2D eigenvalue weighted by Crippen LogP contribution is 2.23. The monoisotopic (exact) mass is 203 g/mol. The van der Waals surface area contributed by atoms with Crippen LogP contribution in [0.2, 0.25) is 0 Å². The average Bonchev–Trinajstić information content (AvgIpc) is 2.59. The molecule has 2 rings (SSSR count). The van der Waals surface area contributed by atoms with Gasteiger partial charge in [0, 0.05) is 17.0 Å². The summed E-state index contributed by atoms with van der Waals surface area (Å²) in [7, 11) is 0. The van der Waals surface area contributed by atoms with Crippen molar-refractivity contribution in [3.63, 3.8) is 0 Å². The van der Waals surface area contributed by atoms with Crippen molar-refractivity contribution in [1.29, 1.82) is 0 Å². The van der Waals surface area contributed by atoms with Crippen LogP contribution in [0.5, 0.6) is 0 Å². The van der Waals surface area contributed by atoms with Gasteiger partial charge in [0.1, 0.15) is 5.82 Å². The first-order valence-electron chi connectivity index (χ1n) is 4.37. The summed E-state index contributed by atoms with van der Waals surface area (Å²) in [6.45, 7) is 0. The second-order valence-corrected chi connectivity index (χ2v) is 2.94. The van der Waals surface area contributed by atoms with Gasteiger partial charge in [-0.3, -0.25) is 15.0 Å². The van der Waals surface area contributed by atoms with Gasteiger partial charge >= 0.3 is 0 Å². The number of nitrogens with one attached hydrogen (secondary N) is 2. The quantitative estimate of drug-likeness (QED) is 0.725. The molecule has 76 valence electrons. The lowest BCUT2D eigenvalue weighted by Gasteiger charge is -2.04. The van der Waals surface area contributed by atoms with Gasteiger partial charge in [0.2, 0.25) is 12.8 Å². The number of carbonyl (C=O) groups excluding carboxylic acids is 2. The van der Waals surface area contributed by atoms with E-state index < -0.39 is 0 Å². The van der Waals surface area contributed by atoms with Gasteiger partial charge < -0.3 is 5.32 Å². The number of benzene rings is 1. The number of rotatable bonds is 4. The second-order valence-electron chi connectivity index (χ2n) is 2.94. The van der Waals surface area contributed by atoms with E-state index >= 15 is 0 Å². The Kier molecular flexibility index (Phi) is 2.37. The molecule has 0 bridgehead atoms. The van der Waals surface area contributed by atoms with Gasteiger partial charge in [-0.2, -0.15) is 0 Å². The number of nitrogens with zero attached hydrogens (tertiary/aromatic N) is 1. The normalized spacial score (nSPS) is 9.87. The second kappa shape index (κ2) is 3.83. The molecule has 1 aromatic heterocycles. The molecule has 0 aliphatic rings. The summed E-state index contributed by atoms with van der Waals surface area (Å²) in [5, 5.41) is 4.36. The maximum Gasteiger partial charge on any atom is 0.226 e. The maximum absolute atomic E-state index is 10.4. The molecule has 2 aromatic rings. The number of carbonyl (C=O) groups is 2. The van der Waals surface area contributed by atoms with Crippen LogP contribution in [0.1, 0.15) is 0 Å². The zero-order chi connectivity index (χ0) is 10.7. The molecule has 5 heteroatoms. The van der Waals surface area contributed by atoms with Crippen LogP contribution in [0.4, 0.5) is 5.82 Å². The van der Waals surface area contributed by atoms with E-state index in [0.29, 0.717) is 18.6 Å². The Hall–Kier alpha value is -2.30. The predicted molar refractivity (Wildman–Crippen MR) is 57.0 cm³/mol. The van der Waals surface area contributed by atoms with Crippen molar-refractivity contribution in [3.8, 4) is 0 Å². The highest BCUT2D eigenvalue weighted by Gasteiger charge is 2.07. The first kappa shape index (κ1) is 9.26. The molecule has 0 aliphatic heterocycles. The third-order valence-electron chi connectivity index (χ3n) is 2.11. The van der Waals surface area contributed by atoms with Crippen LogP contribution in [0.15, 0.2) is 30.5 Å². The van der Waals surface area contributed by atoms with Crippen molar-refractivity contribution >= 4 is 29.4 Å². The minimum Gasteiger partial charge on any atom is -0.313 e. The van der Waals surface area contributed by atoms with Crippen molar-refractivity contribution in [1.82, 2.24) is 4.68 Å². The van der Waals surface area contributed by atoms with Gasteiger partial charge in [-0.15, -0.1) is 0 Å². The van der Waals surface area contributed by atoms with Crippen LogP contribution in [0.3, 0.4) is 0 Å². The van der Waals surface area contributed by atoms with E-state index in [1.165, 1.54) is 4.68 Å². The molecule has 0 spiro atoms. The Balaban J connectivity index is 2.62. The van der Waals surface area contributed by atoms with Crippen molar-refractivity contribution in [3.05, 3.63) is 30.5 Å². The molecule has 0 saturated heterocycles. The van der Waals surface area contributed by atoms with E-state index in [4.69, 9.17) is 0 Å². The zero-order valence-electron chi connectivity index (χ0n) is 7.81. The van der Waals surface area contributed by atoms with Crippen molar-refractivity contribution < 1.29 is 9.59 Å². The third-order valence-corrected chi connectivity index (χ3v) is 2.11. The molecule has 15 heavy (non-hydrogen) atoms. The van der Waals surface area contributed by atoms with Gasteiger partial charge in [0.25, 0.3) is 0 Å². The Morgan fingerprint density at radius 1 is 1.13 bits per heavy atom. The highest BCUT2D eigenvalue weighted by molar-refractivity contribution is 5.97. The van der Waals surface area contributed by atoms with Crippen LogP contribution in [0, 0.1) is 0 Å². The van der Waals surface area contributed by atoms with E-state index in [-0.39, 0.29) is 0 Å². The molecular weight excluding hydrogens is 194 g/mol. The molecular formula is C10H9N3O2. The molecule has 0 unspecified atom stereocenters. The lowest BCUT2D eigenvalue weighted by molar-refractivity contribution is -0.106. The Morgan fingerprint density at radius 2 is 1.93 bits per heavy atom. The van der Waals surface area contributed by atoms with Gasteiger partial charge in [-0.25, -0.2) is 4.68 Å². The number of amides is 2. The smallest absolute Gasteiger partial charge is 0.226 e. The average molecular weight is 203 g/mol. The van der Waals surface area contributed by atoms with Crippen molar-refractivity contribution in [2.45, 2.75) is 0 Å². The summed E-state index contributed by atoms with van der Waals surface area (Å²) in [6, 6.07) is 7.51. The van der Waals surface area contributed by atoms with Gasteiger partial charge in [-0.05, 0) is 0 Å². The van der Waals surface area contributed by atoms with Crippen LogP contribution < -0.4 is 10.7 Å². The van der Waals surface area contributed by atoms with Crippen molar-refractivity contribution in [2.24, 2.45) is 0 Å². The van der Waals surface area contributed by atoms with Gasteiger partial charge in [0.15, 0.2) is 0 Å². The standard InChI is InChI=1S/C10H9N3O2/c14-6-11-10-9-4-2-1-3-8(9)5-13(10)12-7-15/h1-7H,(H,11,14)(H,12,15). The number of hydrogen-bond acceptors (Lipinski definition) is 2. The molecule has 0 atom stereocenters. The van der Waals surface area contributed by atoms with Crippen LogP contribution in [-0.2, 0) is 9.59 Å². The Bertz CT molecular complexity index is 504. The summed E-state index contributed by atoms with van der Waals surface area (Å²) >= 11 is 0. The molecule has 2 N–H and O–H groups in total. The largest absolute Gasteiger partial charge is 0.313 e. The number of hydrogen-bond donors (Lipinski definition) is 2. The fraction of sp³-hybridized carbons (Fsp3) is 0. The number of fused-ring (bicyclic) bond motifs is 1. The van der Waals surface area contributed by atoms with E-state index in [9.17, 15) is 9.59 Å². The van der Waals surface area contributed by atoms with Crippen LogP contribution in [0.25, 0.3) is 10.8 Å². The molecule has 0 fully saturated rings. The summed E-state index contributed by atoms with van der Waals surface area (Å²) in [6.07, 6.45) is 2.86. The first-order chi connectivity index (χ1) is 7.36. The Morgan fingerprint density at radius 3 is 2.67 bits per heavy atom. The molecule has 0 saturated carbocycles. The van der Waals surface area contributed by atoms with E-state index in [1.807, 2.05) is 24.3 Å². The zero-order valence-corrected chi connectivity index (χ0v) is 7.81. The van der Waals surface area contributed by atoms with Crippen LogP contribution in [-0.4, -0.2) is 17.5 Å². The van der Waals surface area contributed by atoms with Crippen molar-refractivity contribution in [2.75, 3.05) is 10.7 Å². The summed E-state index contributed by atoms with van der Waals surface area (Å²) < 4.78 is 1.46. The molecule has 5 nitrogen and oxygen atoms in total. The molecule has 0 radical (unpaired) electrons. The van der Waals surface area contributed by atoms with Crippen LogP contribution >= 0.6 is 0 Å². The number of aromatic nitrogens is 1. The fourth-order valence-corrected chi connectivity index (χ4v) is 1.52. The highest BCUT2D eigenvalue weighted by atomic mass is 16.1. The SMILES string of the molecule is O=CNc1c2ccccc2cn1NC=O. The molecule has 1 aromatic carbocycles. The summed E-state index contributed by atoms with van der Waals surface area (Å²) in [5.41, 5.74) is 2.47. The summed E-state index contributed by atoms with van der Waals surface area (Å²) in [4.78, 5) is 20.8. The third kappa shape index (κ3) is 1.54. The Labute approximate surface area is 85.7 Å². The van der Waals surface area contributed by atoms with Gasteiger partial charge in [0.05, 0.1) is 0 Å². The summed E-state index contributed by atoms with van der Waals surface area (Å²) in [5.74, 6) is 0.549. The predicted octanol–water partition coefficient (Wildman–Crippen LogP) is 0.909. The lowest BCUT2D eigenvalue weighted by atomic mass is 10.2. The first-order valence-corrected chi connectivity index (χ1v) is 4.37. The fourth-order valence-electron chi connectivity index (χ4n) is 1.52. The van der Waals surface area contributed by atoms with E-state index in [1.54, 1.807) is 6.20 Å². The minimum absolute atomic E-state index is 0.549. The molecule has 1 heterocycles. The maximum atomic E-state index is 10.4. The lowest BCUT2D eigenvalue weighted by Crippen LogP contribution is -2.14. The van der Waals surface area contributed by atoms with Gasteiger partial charge in [-0.1, -0.05) is 24.3 Å². The van der Waals surface area contributed by atoms with E-state index in [2.05, 4.69) is 10.7 Å². The minimum atomic E-state index is 0.549. The topological polar surface area (TPSA) is 63.1 Å². The molecule has 2 amide bonds. The van der Waals surface area contributed by atoms with E-state index in [0.717, 1.165) is 10.8 Å².